The highest BCUT2D eigenvalue weighted by Crippen LogP contribution is 2.27. The lowest BCUT2D eigenvalue weighted by Crippen LogP contribution is -2.61. The Hall–Kier alpha value is -2.65. The molecule has 2 heterocycles. The van der Waals surface area contributed by atoms with Crippen LogP contribution in [0.3, 0.4) is 0 Å². The minimum atomic E-state index is -1.64. The Morgan fingerprint density at radius 3 is 2.08 bits per heavy atom. The minimum Gasteiger partial charge on any atom is -0.462 e. The Morgan fingerprint density at radius 1 is 0.763 bits per heavy atom. The Balaban J connectivity index is 1.32. The molecule has 0 spiro atoms. The maximum absolute atomic E-state index is 12.1. The molecule has 6 N–H and O–H groups in total. The van der Waals surface area contributed by atoms with Gasteiger partial charge in [-0.05, 0) is 36.8 Å². The highest BCUT2D eigenvalue weighted by molar-refractivity contribution is 5.89. The minimum absolute atomic E-state index is 0.0281. The number of hydrogen-bond donors (Lipinski definition) is 6. The lowest BCUT2D eigenvalue weighted by Gasteiger charge is -2.42. The molecule has 0 bridgehead atoms. The molecule has 2 aliphatic heterocycles. The zero-order valence-electron chi connectivity index (χ0n) is 20.5. The summed E-state index contributed by atoms with van der Waals surface area (Å²) in [6.07, 6.45) is -13.9. The van der Waals surface area contributed by atoms with Crippen molar-refractivity contribution < 1.29 is 59.1 Å². The normalized spacial score (nSPS) is 35.4. The van der Waals surface area contributed by atoms with Crippen molar-refractivity contribution in [1.29, 1.82) is 0 Å². The van der Waals surface area contributed by atoms with Crippen molar-refractivity contribution in [2.45, 2.75) is 74.9 Å². The first-order valence-electron chi connectivity index (χ1n) is 12.1. The van der Waals surface area contributed by atoms with Gasteiger partial charge in [0.1, 0.15) is 55.1 Å². The molecule has 0 aliphatic carbocycles. The van der Waals surface area contributed by atoms with Crippen LogP contribution in [0.5, 0.6) is 5.75 Å². The standard InChI is InChI=1S/C26H32O12/c1-13-18(27)20(29)22(31)25(36-13)35-12-17-19(28)21(30)23(32)26(38-17)37-16-9-7-14(8-10-16)11-34-24(33)15-5-3-2-4-6-15/h2-10,13,17-23,25-32H,11-12H2,1H3. The van der Waals surface area contributed by atoms with E-state index in [0.29, 0.717) is 11.1 Å². The maximum atomic E-state index is 12.1. The van der Waals surface area contributed by atoms with E-state index >= 15 is 0 Å². The van der Waals surface area contributed by atoms with Crippen LogP contribution in [0.25, 0.3) is 0 Å². The number of hydrogen-bond acceptors (Lipinski definition) is 12. The van der Waals surface area contributed by atoms with Gasteiger partial charge in [-0.25, -0.2) is 4.79 Å². The third kappa shape index (κ3) is 6.49. The molecule has 0 amide bonds. The summed E-state index contributed by atoms with van der Waals surface area (Å²) in [5, 5.41) is 60.9. The quantitative estimate of drug-likeness (QED) is 0.228. The summed E-state index contributed by atoms with van der Waals surface area (Å²) >= 11 is 0. The summed E-state index contributed by atoms with van der Waals surface area (Å²) in [7, 11) is 0. The van der Waals surface area contributed by atoms with E-state index in [9.17, 15) is 35.4 Å². The van der Waals surface area contributed by atoms with Crippen molar-refractivity contribution in [3.8, 4) is 5.75 Å². The Bertz CT molecular complexity index is 1030. The molecule has 10 unspecified atom stereocenters. The topological polar surface area (TPSA) is 185 Å². The summed E-state index contributed by atoms with van der Waals surface area (Å²) < 4.78 is 27.4. The fraction of sp³-hybridized carbons (Fsp3) is 0.500. The second kappa shape index (κ2) is 12.5. The number of carbonyl (C=O) groups excluding carboxylic acids is 1. The van der Waals surface area contributed by atoms with Crippen LogP contribution < -0.4 is 4.74 Å². The second-order valence-corrected chi connectivity index (χ2v) is 9.23. The predicted octanol–water partition coefficient (Wildman–Crippen LogP) is -0.926. The van der Waals surface area contributed by atoms with Crippen molar-refractivity contribution in [1.82, 2.24) is 0 Å². The fourth-order valence-corrected chi connectivity index (χ4v) is 4.10. The van der Waals surface area contributed by atoms with Gasteiger partial charge in [-0.15, -0.1) is 0 Å². The van der Waals surface area contributed by atoms with E-state index in [4.69, 9.17) is 23.7 Å². The van der Waals surface area contributed by atoms with Gasteiger partial charge >= 0.3 is 5.97 Å². The molecular weight excluding hydrogens is 504 g/mol. The predicted molar refractivity (Wildman–Crippen MR) is 128 cm³/mol. The second-order valence-electron chi connectivity index (χ2n) is 9.23. The first kappa shape index (κ1) is 28.4. The van der Waals surface area contributed by atoms with E-state index in [1.807, 2.05) is 0 Å². The molecule has 2 aromatic rings. The fourth-order valence-electron chi connectivity index (χ4n) is 4.10. The highest BCUT2D eigenvalue weighted by atomic mass is 16.7. The average molecular weight is 537 g/mol. The van der Waals surface area contributed by atoms with Gasteiger partial charge in [0.25, 0.3) is 0 Å². The average Bonchev–Trinajstić information content (AvgIpc) is 2.93. The monoisotopic (exact) mass is 536 g/mol. The zero-order valence-corrected chi connectivity index (χ0v) is 20.5. The summed E-state index contributed by atoms with van der Waals surface area (Å²) in [5.41, 5.74) is 1.11. The first-order chi connectivity index (χ1) is 18.2. The van der Waals surface area contributed by atoms with E-state index < -0.39 is 74.0 Å². The van der Waals surface area contributed by atoms with Crippen LogP contribution >= 0.6 is 0 Å². The van der Waals surface area contributed by atoms with Crippen LogP contribution in [0, 0.1) is 0 Å². The molecule has 2 aromatic carbocycles. The summed E-state index contributed by atoms with van der Waals surface area (Å²) in [6, 6.07) is 15.0. The van der Waals surface area contributed by atoms with E-state index in [0.717, 1.165) is 0 Å². The number of benzene rings is 2. The van der Waals surface area contributed by atoms with E-state index in [1.54, 1.807) is 54.6 Å². The summed E-state index contributed by atoms with van der Waals surface area (Å²) in [6.45, 7) is 1.12. The third-order valence-corrected chi connectivity index (χ3v) is 6.46. The van der Waals surface area contributed by atoms with E-state index in [-0.39, 0.29) is 12.4 Å². The van der Waals surface area contributed by atoms with Crippen molar-refractivity contribution >= 4 is 5.97 Å². The van der Waals surface area contributed by atoms with Crippen LogP contribution in [0.4, 0.5) is 0 Å². The molecule has 0 saturated carbocycles. The molecule has 12 heteroatoms. The van der Waals surface area contributed by atoms with Crippen LogP contribution in [-0.4, -0.2) is 105 Å². The number of esters is 1. The number of aliphatic hydroxyl groups excluding tert-OH is 6. The van der Waals surface area contributed by atoms with Gasteiger partial charge in [-0.3, -0.25) is 0 Å². The molecule has 12 nitrogen and oxygen atoms in total. The molecule has 2 aliphatic rings. The Labute approximate surface area is 218 Å². The zero-order chi connectivity index (χ0) is 27.4. The van der Waals surface area contributed by atoms with Crippen molar-refractivity contribution in [2.24, 2.45) is 0 Å². The molecule has 10 atom stereocenters. The van der Waals surface area contributed by atoms with E-state index in [1.165, 1.54) is 6.92 Å². The SMILES string of the molecule is CC1OC(OCC2OC(Oc3ccc(COC(=O)c4ccccc4)cc3)C(O)C(O)C2O)C(O)C(O)C1O. The van der Waals surface area contributed by atoms with Crippen molar-refractivity contribution in [3.63, 3.8) is 0 Å². The Morgan fingerprint density at radius 2 is 1.39 bits per heavy atom. The number of rotatable bonds is 8. The Kier molecular flexibility index (Phi) is 9.31. The van der Waals surface area contributed by atoms with Crippen LogP contribution in [0.15, 0.2) is 54.6 Å². The van der Waals surface area contributed by atoms with Gasteiger partial charge in [0.05, 0.1) is 18.3 Å². The number of carbonyl (C=O) groups is 1. The molecule has 4 rings (SSSR count). The lowest BCUT2D eigenvalue weighted by atomic mass is 9.98. The van der Waals surface area contributed by atoms with E-state index in [2.05, 4.69) is 0 Å². The lowest BCUT2D eigenvalue weighted by molar-refractivity contribution is -0.318. The first-order valence-corrected chi connectivity index (χ1v) is 12.1. The highest BCUT2D eigenvalue weighted by Gasteiger charge is 2.47. The molecule has 0 aromatic heterocycles. The van der Waals surface area contributed by atoms with Gasteiger partial charge in [-0.1, -0.05) is 30.3 Å². The smallest absolute Gasteiger partial charge is 0.338 e. The van der Waals surface area contributed by atoms with Gasteiger partial charge in [0, 0.05) is 0 Å². The summed E-state index contributed by atoms with van der Waals surface area (Å²) in [4.78, 5) is 12.1. The summed E-state index contributed by atoms with van der Waals surface area (Å²) in [5.74, 6) is -0.191. The van der Waals surface area contributed by atoms with Crippen molar-refractivity contribution in [3.05, 3.63) is 65.7 Å². The van der Waals surface area contributed by atoms with Crippen LogP contribution in [0.1, 0.15) is 22.8 Å². The third-order valence-electron chi connectivity index (χ3n) is 6.46. The van der Waals surface area contributed by atoms with Gasteiger partial charge in [0.15, 0.2) is 6.29 Å². The molecule has 208 valence electrons. The molecular formula is C26H32O12. The number of ether oxygens (including phenoxy) is 5. The van der Waals surface area contributed by atoms with Crippen LogP contribution in [-0.2, 0) is 25.6 Å². The number of aliphatic hydroxyl groups is 6. The van der Waals surface area contributed by atoms with Crippen LogP contribution in [0.2, 0.25) is 0 Å². The largest absolute Gasteiger partial charge is 0.462 e. The maximum Gasteiger partial charge on any atom is 0.338 e. The van der Waals surface area contributed by atoms with Crippen molar-refractivity contribution in [2.75, 3.05) is 6.61 Å². The molecule has 2 saturated heterocycles. The van der Waals surface area contributed by atoms with Gasteiger partial charge in [0.2, 0.25) is 6.29 Å². The van der Waals surface area contributed by atoms with Gasteiger partial charge in [-0.2, -0.15) is 0 Å². The molecule has 2 fully saturated rings. The molecule has 0 radical (unpaired) electrons. The molecule has 38 heavy (non-hydrogen) atoms. The van der Waals surface area contributed by atoms with Gasteiger partial charge < -0.3 is 54.3 Å².